The maximum atomic E-state index is 5.79. The first-order valence-corrected chi connectivity index (χ1v) is 15.9. The van der Waals surface area contributed by atoms with Crippen molar-refractivity contribution in [1.29, 1.82) is 0 Å². The number of hydrogen-bond acceptors (Lipinski definition) is 4. The third kappa shape index (κ3) is 5.88. The van der Waals surface area contributed by atoms with Gasteiger partial charge in [0, 0.05) is 69.2 Å². The molecule has 4 heterocycles. The third-order valence-electron chi connectivity index (χ3n) is 8.43. The molecule has 0 N–H and O–H groups in total. The van der Waals surface area contributed by atoms with Crippen LogP contribution in [0.5, 0.6) is 0 Å². The van der Waals surface area contributed by atoms with E-state index in [1.165, 1.54) is 18.4 Å². The van der Waals surface area contributed by atoms with E-state index in [2.05, 4.69) is 92.8 Å². The number of rotatable bonds is 4. The van der Waals surface area contributed by atoms with Crippen molar-refractivity contribution in [3.05, 3.63) is 43.1 Å². The molecule has 0 bridgehead atoms. The van der Waals surface area contributed by atoms with Crippen LogP contribution in [0.3, 0.4) is 0 Å². The van der Waals surface area contributed by atoms with Crippen LogP contribution < -0.4 is 0 Å². The van der Waals surface area contributed by atoms with Crippen molar-refractivity contribution < 1.29 is 18.9 Å². The minimum atomic E-state index is -0.233. The number of hydrogen-bond donors (Lipinski definition) is 0. The van der Waals surface area contributed by atoms with Crippen molar-refractivity contribution in [2.45, 2.75) is 102 Å². The fourth-order valence-electron chi connectivity index (χ4n) is 6.34. The lowest BCUT2D eigenvalue weighted by Crippen LogP contribution is -2.36. The largest absolute Gasteiger partial charge is 0.350 e. The summed E-state index contributed by atoms with van der Waals surface area (Å²) in [5.41, 5.74) is 2.94. The second-order valence-corrected chi connectivity index (χ2v) is 12.8. The fraction of sp³-hybridized carbons (Fsp3) is 0.714. The van der Waals surface area contributed by atoms with Crippen molar-refractivity contribution in [2.24, 2.45) is 0 Å². The van der Waals surface area contributed by atoms with Gasteiger partial charge in [-0.05, 0) is 95.3 Å². The van der Waals surface area contributed by atoms with E-state index in [0.29, 0.717) is 12.1 Å². The molecule has 0 unspecified atom stereocenters. The summed E-state index contributed by atoms with van der Waals surface area (Å²) >= 11 is 4.88. The molecule has 200 valence electrons. The van der Waals surface area contributed by atoms with Crippen molar-refractivity contribution in [2.75, 3.05) is 26.4 Å². The molecule has 0 radical (unpaired) electrons. The molecule has 4 aliphatic rings. The maximum absolute atomic E-state index is 5.79. The van der Waals surface area contributed by atoms with Gasteiger partial charge >= 0.3 is 0 Å². The Morgan fingerprint density at radius 3 is 1.75 bits per heavy atom. The van der Waals surface area contributed by atoms with Crippen LogP contribution in [0.15, 0.2) is 24.7 Å². The zero-order valence-corrected chi connectivity index (χ0v) is 26.0. The summed E-state index contributed by atoms with van der Waals surface area (Å²) in [5, 5.41) is 0. The van der Waals surface area contributed by atoms with E-state index in [1.54, 1.807) is 0 Å². The second-order valence-electron chi connectivity index (χ2n) is 10.5. The van der Waals surface area contributed by atoms with Crippen LogP contribution in [0.1, 0.15) is 88.6 Å². The molecule has 36 heavy (non-hydrogen) atoms. The van der Waals surface area contributed by atoms with E-state index in [9.17, 15) is 0 Å². The average molecular weight is 722 g/mol. The molecule has 2 aromatic rings. The van der Waals surface area contributed by atoms with Gasteiger partial charge in [-0.2, -0.15) is 0 Å². The highest BCUT2D eigenvalue weighted by atomic mass is 127. The van der Waals surface area contributed by atoms with Crippen molar-refractivity contribution in [1.82, 2.24) is 9.13 Å². The molecule has 4 fully saturated rings. The highest BCUT2D eigenvalue weighted by molar-refractivity contribution is 14.1. The van der Waals surface area contributed by atoms with Crippen molar-refractivity contribution in [3.63, 3.8) is 0 Å². The fourth-order valence-corrected chi connectivity index (χ4v) is 8.01. The SMILES string of the molecule is CCc1c(I)ccn1C1CCC2(CC1)OCCO2.CCc1cn(C2CCC3(CC2)OCCO3)cc1I. The van der Waals surface area contributed by atoms with E-state index in [0.717, 1.165) is 90.6 Å². The minimum absolute atomic E-state index is 0.232. The Morgan fingerprint density at radius 1 is 0.750 bits per heavy atom. The molecule has 2 aromatic heterocycles. The summed E-state index contributed by atoms with van der Waals surface area (Å²) in [4.78, 5) is 0. The molecular weight excluding hydrogens is 682 g/mol. The number of ether oxygens (including phenoxy) is 4. The van der Waals surface area contributed by atoms with Gasteiger partial charge in [-0.15, -0.1) is 0 Å². The Balaban J connectivity index is 0.000000148. The van der Waals surface area contributed by atoms with Crippen LogP contribution in [0.25, 0.3) is 0 Å². The van der Waals surface area contributed by atoms with Crippen LogP contribution in [-0.2, 0) is 31.8 Å². The smallest absolute Gasteiger partial charge is 0.168 e. The average Bonchev–Trinajstić information content (AvgIpc) is 3.69. The first-order chi connectivity index (χ1) is 17.5. The highest BCUT2D eigenvalue weighted by Crippen LogP contribution is 2.42. The van der Waals surface area contributed by atoms with Gasteiger partial charge in [0.2, 0.25) is 0 Å². The lowest BCUT2D eigenvalue weighted by atomic mass is 9.89. The lowest BCUT2D eigenvalue weighted by molar-refractivity contribution is -0.181. The molecule has 0 aromatic carbocycles. The summed E-state index contributed by atoms with van der Waals surface area (Å²) < 4.78 is 30.8. The van der Waals surface area contributed by atoms with E-state index < -0.39 is 0 Å². The third-order valence-corrected chi connectivity index (χ3v) is 10.4. The topological polar surface area (TPSA) is 46.8 Å². The van der Waals surface area contributed by atoms with Gasteiger partial charge in [-0.1, -0.05) is 13.8 Å². The maximum Gasteiger partial charge on any atom is 0.168 e. The van der Waals surface area contributed by atoms with Crippen LogP contribution in [0.2, 0.25) is 0 Å². The van der Waals surface area contributed by atoms with E-state index in [-0.39, 0.29) is 11.6 Å². The normalized spacial score (nSPS) is 25.4. The highest BCUT2D eigenvalue weighted by Gasteiger charge is 2.41. The Kier molecular flexibility index (Phi) is 9.10. The van der Waals surface area contributed by atoms with Gasteiger partial charge in [0.25, 0.3) is 0 Å². The number of halogens is 2. The number of aromatic nitrogens is 2. The van der Waals surface area contributed by atoms with Crippen LogP contribution in [-0.4, -0.2) is 47.1 Å². The number of nitrogens with zero attached hydrogens (tertiary/aromatic N) is 2. The Morgan fingerprint density at radius 2 is 1.28 bits per heavy atom. The van der Waals surface area contributed by atoms with Crippen LogP contribution in [0.4, 0.5) is 0 Å². The van der Waals surface area contributed by atoms with Crippen molar-refractivity contribution in [3.8, 4) is 0 Å². The molecule has 2 saturated heterocycles. The summed E-state index contributed by atoms with van der Waals surface area (Å²) in [5.74, 6) is -0.465. The zero-order chi connectivity index (χ0) is 25.2. The predicted molar refractivity (Wildman–Crippen MR) is 157 cm³/mol. The van der Waals surface area contributed by atoms with Crippen LogP contribution in [0, 0.1) is 7.14 Å². The van der Waals surface area contributed by atoms with Crippen LogP contribution >= 0.6 is 45.2 Å². The monoisotopic (exact) mass is 722 g/mol. The molecular formula is C28H40I2N2O4. The first-order valence-electron chi connectivity index (χ1n) is 13.7. The van der Waals surface area contributed by atoms with Gasteiger partial charge in [0.05, 0.1) is 26.4 Å². The zero-order valence-electron chi connectivity index (χ0n) is 21.6. The van der Waals surface area contributed by atoms with Gasteiger partial charge in [-0.3, -0.25) is 0 Å². The predicted octanol–water partition coefficient (Wildman–Crippen LogP) is 7.03. The van der Waals surface area contributed by atoms with E-state index in [1.807, 2.05) is 0 Å². The summed E-state index contributed by atoms with van der Waals surface area (Å²) in [6.45, 7) is 7.54. The molecule has 2 saturated carbocycles. The molecule has 0 amide bonds. The molecule has 8 heteroatoms. The summed E-state index contributed by atoms with van der Waals surface area (Å²) in [7, 11) is 0. The molecule has 2 spiro atoms. The van der Waals surface area contributed by atoms with Gasteiger partial charge < -0.3 is 28.1 Å². The van der Waals surface area contributed by atoms with E-state index >= 15 is 0 Å². The quantitative estimate of drug-likeness (QED) is 0.319. The number of aryl methyl sites for hydroxylation is 1. The summed E-state index contributed by atoms with van der Waals surface area (Å²) in [6, 6.07) is 3.48. The minimum Gasteiger partial charge on any atom is -0.350 e. The van der Waals surface area contributed by atoms with E-state index in [4.69, 9.17) is 18.9 Å². The molecule has 6 nitrogen and oxygen atoms in total. The molecule has 2 aliphatic heterocycles. The Labute approximate surface area is 243 Å². The van der Waals surface area contributed by atoms with Crippen molar-refractivity contribution >= 4 is 45.2 Å². The van der Waals surface area contributed by atoms with Gasteiger partial charge in [-0.25, -0.2) is 0 Å². The van der Waals surface area contributed by atoms with Gasteiger partial charge in [0.15, 0.2) is 11.6 Å². The standard InChI is InChI=1S/2C14H20INO2/c1-2-13-12(15)5-8-16(13)11-3-6-14(7-4-11)17-9-10-18-14;1-2-11-9-16(10-13(11)15)12-3-5-14(6-4-12)17-7-8-18-14/h5,8,11H,2-4,6-7,9-10H2,1H3;9-10,12H,2-8H2,1H3. The molecule has 0 atom stereocenters. The molecule has 2 aliphatic carbocycles. The molecule has 6 rings (SSSR count). The summed E-state index contributed by atoms with van der Waals surface area (Å²) in [6.07, 6.45) is 17.9. The second kappa shape index (κ2) is 11.9. The first kappa shape index (κ1) is 27.4. The Bertz CT molecular complexity index is 987. The Hall–Kier alpha value is -0.140. The van der Waals surface area contributed by atoms with Gasteiger partial charge in [0.1, 0.15) is 0 Å². The lowest BCUT2D eigenvalue weighted by Gasteiger charge is -2.36.